The fourth-order valence-electron chi connectivity index (χ4n) is 3.78. The molecule has 2 aromatic rings. The van der Waals surface area contributed by atoms with E-state index in [1.54, 1.807) is 0 Å². The molecule has 0 aromatic heterocycles. The highest BCUT2D eigenvalue weighted by atomic mass is 16.1. The minimum atomic E-state index is -0.0402. The quantitative estimate of drug-likeness (QED) is 0.138. The van der Waals surface area contributed by atoms with Gasteiger partial charge in [0.15, 0.2) is 0 Å². The van der Waals surface area contributed by atoms with Crippen molar-refractivity contribution < 1.29 is 4.79 Å². The summed E-state index contributed by atoms with van der Waals surface area (Å²) in [5.41, 5.74) is 9.19. The number of nitrogen functional groups attached to an aromatic ring is 1. The van der Waals surface area contributed by atoms with Gasteiger partial charge in [-0.05, 0) is 29.7 Å². The van der Waals surface area contributed by atoms with Gasteiger partial charge in [-0.15, -0.1) is 0 Å². The summed E-state index contributed by atoms with van der Waals surface area (Å²) in [7, 11) is 0. The fourth-order valence-corrected chi connectivity index (χ4v) is 3.78. The van der Waals surface area contributed by atoms with Gasteiger partial charge < -0.3 is 11.1 Å². The smallest absolute Gasteiger partial charge is 0.251 e. The molecule has 2 aromatic carbocycles. The lowest BCUT2D eigenvalue weighted by Crippen LogP contribution is -2.25. The van der Waals surface area contributed by atoms with Crippen molar-refractivity contribution in [3.8, 4) is 0 Å². The van der Waals surface area contributed by atoms with E-state index in [2.05, 4.69) is 12.2 Å². The Hall–Kier alpha value is -2.55. The second kappa shape index (κ2) is 15.3. The molecular weight excluding hydrogens is 380 g/mol. The number of rotatable bonds is 15. The first-order valence-electron chi connectivity index (χ1n) is 12.1. The number of para-hydroxylation sites is 1. The van der Waals surface area contributed by atoms with Crippen molar-refractivity contribution in [3.63, 3.8) is 0 Å². The lowest BCUT2D eigenvalue weighted by atomic mass is 10.0. The SMILES string of the molecule is CCCCCCCCCCCCCNC(=O)/C(=C/c1ccccc1N)c1ccccc1. The van der Waals surface area contributed by atoms with Crippen molar-refractivity contribution in [2.45, 2.75) is 77.6 Å². The molecule has 168 valence electrons. The molecule has 3 heteroatoms. The molecule has 0 aliphatic rings. The Balaban J connectivity index is 1.74. The lowest BCUT2D eigenvalue weighted by Gasteiger charge is -2.11. The Labute approximate surface area is 189 Å². The molecule has 0 unspecified atom stereocenters. The lowest BCUT2D eigenvalue weighted by molar-refractivity contribution is -0.115. The van der Waals surface area contributed by atoms with Crippen molar-refractivity contribution in [1.82, 2.24) is 5.32 Å². The van der Waals surface area contributed by atoms with E-state index in [1.165, 1.54) is 64.2 Å². The van der Waals surface area contributed by atoms with E-state index in [-0.39, 0.29) is 5.91 Å². The molecule has 0 spiro atoms. The van der Waals surface area contributed by atoms with Gasteiger partial charge in [0.1, 0.15) is 0 Å². The summed E-state index contributed by atoms with van der Waals surface area (Å²) in [5.74, 6) is -0.0402. The van der Waals surface area contributed by atoms with E-state index in [4.69, 9.17) is 5.73 Å². The van der Waals surface area contributed by atoms with Crippen molar-refractivity contribution in [3.05, 3.63) is 65.7 Å². The molecule has 3 N–H and O–H groups in total. The van der Waals surface area contributed by atoms with Crippen LogP contribution in [0.25, 0.3) is 11.6 Å². The summed E-state index contributed by atoms with van der Waals surface area (Å²) in [6.45, 7) is 2.98. The molecule has 2 rings (SSSR count). The van der Waals surface area contributed by atoms with Crippen LogP contribution in [0.4, 0.5) is 5.69 Å². The second-order valence-electron chi connectivity index (χ2n) is 8.34. The first-order valence-corrected chi connectivity index (χ1v) is 12.1. The van der Waals surface area contributed by atoms with Gasteiger partial charge in [0.2, 0.25) is 0 Å². The van der Waals surface area contributed by atoms with Crippen LogP contribution in [0.15, 0.2) is 54.6 Å². The Morgan fingerprint density at radius 1 is 0.774 bits per heavy atom. The van der Waals surface area contributed by atoms with E-state index >= 15 is 0 Å². The summed E-state index contributed by atoms with van der Waals surface area (Å²) >= 11 is 0. The fraction of sp³-hybridized carbons (Fsp3) is 0.464. The van der Waals surface area contributed by atoms with E-state index in [0.29, 0.717) is 17.8 Å². The standard InChI is InChI=1S/C28H40N2O/c1-2-3-4-5-6-7-8-9-10-11-17-22-30-28(31)26(24-18-13-12-14-19-24)23-25-20-15-16-21-27(25)29/h12-16,18-21,23H,2-11,17,22,29H2,1H3,(H,30,31)/b26-23+. The summed E-state index contributed by atoms with van der Waals surface area (Å²) in [4.78, 5) is 12.9. The van der Waals surface area contributed by atoms with Crippen molar-refractivity contribution in [2.75, 3.05) is 12.3 Å². The van der Waals surface area contributed by atoms with Gasteiger partial charge in [-0.2, -0.15) is 0 Å². The van der Waals surface area contributed by atoms with Crippen LogP contribution in [-0.4, -0.2) is 12.5 Å². The number of carbonyl (C=O) groups is 1. The Bertz CT molecular complexity index is 783. The minimum Gasteiger partial charge on any atom is -0.398 e. The first kappa shape index (κ1) is 24.7. The number of benzene rings is 2. The maximum Gasteiger partial charge on any atom is 0.251 e. The molecule has 0 heterocycles. The van der Waals surface area contributed by atoms with Crippen LogP contribution in [0.5, 0.6) is 0 Å². The van der Waals surface area contributed by atoms with Gasteiger partial charge in [0.05, 0.1) is 0 Å². The van der Waals surface area contributed by atoms with Crippen molar-refractivity contribution in [2.24, 2.45) is 0 Å². The number of nitrogens with two attached hydrogens (primary N) is 1. The highest BCUT2D eigenvalue weighted by Crippen LogP contribution is 2.22. The molecule has 0 aliphatic carbocycles. The second-order valence-corrected chi connectivity index (χ2v) is 8.34. The van der Waals surface area contributed by atoms with Crippen LogP contribution in [0, 0.1) is 0 Å². The minimum absolute atomic E-state index is 0.0402. The van der Waals surface area contributed by atoms with Crippen molar-refractivity contribution >= 4 is 23.2 Å². The molecule has 0 saturated heterocycles. The summed E-state index contributed by atoms with van der Waals surface area (Å²) in [5, 5.41) is 3.10. The zero-order valence-corrected chi connectivity index (χ0v) is 19.2. The van der Waals surface area contributed by atoms with Gasteiger partial charge in [-0.3, -0.25) is 4.79 Å². The number of hydrogen-bond acceptors (Lipinski definition) is 2. The molecule has 3 nitrogen and oxygen atoms in total. The summed E-state index contributed by atoms with van der Waals surface area (Å²) < 4.78 is 0. The zero-order chi connectivity index (χ0) is 22.2. The van der Waals surface area contributed by atoms with Crippen LogP contribution in [0.2, 0.25) is 0 Å². The maximum absolute atomic E-state index is 12.9. The molecular formula is C28H40N2O. The largest absolute Gasteiger partial charge is 0.398 e. The van der Waals surface area contributed by atoms with Crippen LogP contribution in [-0.2, 0) is 4.79 Å². The van der Waals surface area contributed by atoms with Gasteiger partial charge in [0, 0.05) is 17.8 Å². The number of unbranched alkanes of at least 4 members (excludes halogenated alkanes) is 10. The average Bonchev–Trinajstić information content (AvgIpc) is 2.79. The molecule has 0 atom stereocenters. The Morgan fingerprint density at radius 2 is 1.32 bits per heavy atom. The Morgan fingerprint density at radius 3 is 1.94 bits per heavy atom. The molecule has 0 bridgehead atoms. The van der Waals surface area contributed by atoms with E-state index < -0.39 is 0 Å². The third kappa shape index (κ3) is 9.87. The van der Waals surface area contributed by atoms with Crippen LogP contribution < -0.4 is 11.1 Å². The van der Waals surface area contributed by atoms with E-state index in [1.807, 2.05) is 60.7 Å². The third-order valence-electron chi connectivity index (χ3n) is 5.69. The van der Waals surface area contributed by atoms with Gasteiger partial charge in [0.25, 0.3) is 5.91 Å². The number of amides is 1. The summed E-state index contributed by atoms with van der Waals surface area (Å²) in [6, 6.07) is 17.4. The van der Waals surface area contributed by atoms with Gasteiger partial charge in [-0.25, -0.2) is 0 Å². The number of hydrogen-bond donors (Lipinski definition) is 2. The predicted octanol–water partition coefficient (Wildman–Crippen LogP) is 7.24. The van der Waals surface area contributed by atoms with Crippen molar-refractivity contribution in [1.29, 1.82) is 0 Å². The zero-order valence-electron chi connectivity index (χ0n) is 19.2. The monoisotopic (exact) mass is 420 g/mol. The normalized spacial score (nSPS) is 11.5. The predicted molar refractivity (Wildman–Crippen MR) is 135 cm³/mol. The number of nitrogens with one attached hydrogen (secondary N) is 1. The molecule has 0 radical (unpaired) electrons. The van der Waals surface area contributed by atoms with Gasteiger partial charge >= 0.3 is 0 Å². The highest BCUT2D eigenvalue weighted by Gasteiger charge is 2.12. The van der Waals surface area contributed by atoms with Crippen LogP contribution >= 0.6 is 0 Å². The molecule has 0 fully saturated rings. The van der Waals surface area contributed by atoms with Crippen LogP contribution in [0.3, 0.4) is 0 Å². The molecule has 0 saturated carbocycles. The van der Waals surface area contributed by atoms with E-state index in [9.17, 15) is 4.79 Å². The average molecular weight is 421 g/mol. The molecule has 1 amide bonds. The summed E-state index contributed by atoms with van der Waals surface area (Å²) in [6.07, 6.45) is 16.2. The Kier molecular flexibility index (Phi) is 12.2. The number of carbonyl (C=O) groups excluding carboxylic acids is 1. The van der Waals surface area contributed by atoms with E-state index in [0.717, 1.165) is 17.5 Å². The topological polar surface area (TPSA) is 55.1 Å². The van der Waals surface area contributed by atoms with Crippen LogP contribution in [0.1, 0.15) is 88.7 Å². The first-order chi connectivity index (χ1) is 15.2. The number of anilines is 1. The maximum atomic E-state index is 12.9. The molecule has 0 aliphatic heterocycles. The van der Waals surface area contributed by atoms with Gasteiger partial charge in [-0.1, -0.05) is 120 Å². The highest BCUT2D eigenvalue weighted by molar-refractivity contribution is 6.24. The molecule has 31 heavy (non-hydrogen) atoms. The third-order valence-corrected chi connectivity index (χ3v) is 5.69.